The molecule has 0 aromatic heterocycles. The van der Waals surface area contributed by atoms with Gasteiger partial charge in [0.25, 0.3) is 0 Å². The van der Waals surface area contributed by atoms with Gasteiger partial charge in [-0.25, -0.2) is 0 Å². The zero-order valence-electron chi connectivity index (χ0n) is 17.0. The molecule has 2 nitrogen and oxygen atoms in total. The Morgan fingerprint density at radius 2 is 1.12 bits per heavy atom. The first-order chi connectivity index (χ1) is 12.3. The summed E-state index contributed by atoms with van der Waals surface area (Å²) in [6.45, 7) is 4.56. The second kappa shape index (κ2) is 14.4. The van der Waals surface area contributed by atoms with Gasteiger partial charge < -0.3 is 9.47 Å². The van der Waals surface area contributed by atoms with Crippen molar-refractivity contribution < 1.29 is 9.47 Å². The van der Waals surface area contributed by atoms with Gasteiger partial charge in [0, 0.05) is 0 Å². The van der Waals surface area contributed by atoms with Crippen molar-refractivity contribution in [1.82, 2.24) is 0 Å². The summed E-state index contributed by atoms with van der Waals surface area (Å²) in [5.41, 5.74) is 0. The van der Waals surface area contributed by atoms with Gasteiger partial charge in [-0.05, 0) is 37.3 Å². The third kappa shape index (κ3) is 8.45. The molecule has 144 valence electrons. The number of hydrogen-bond donors (Lipinski definition) is 0. The molecule has 0 amide bonds. The number of ether oxygens (including phenoxy) is 2. The minimum atomic E-state index is -0.201. The molecule has 0 heterocycles. The lowest BCUT2D eigenvalue weighted by Gasteiger charge is -2.23. The summed E-state index contributed by atoms with van der Waals surface area (Å²) in [4.78, 5) is 0. The summed E-state index contributed by atoms with van der Waals surface area (Å²) < 4.78 is 11.4. The van der Waals surface area contributed by atoms with Crippen LogP contribution < -0.4 is 14.8 Å². The minimum absolute atomic E-state index is 0.201. The van der Waals surface area contributed by atoms with E-state index in [0.717, 1.165) is 11.5 Å². The van der Waals surface area contributed by atoms with E-state index in [-0.39, 0.29) is 7.92 Å². The van der Waals surface area contributed by atoms with E-state index in [1.165, 1.54) is 81.8 Å². The maximum absolute atomic E-state index is 5.69. The van der Waals surface area contributed by atoms with Crippen molar-refractivity contribution in [3.05, 3.63) is 18.2 Å². The van der Waals surface area contributed by atoms with Crippen LogP contribution in [0.15, 0.2) is 18.2 Å². The maximum Gasteiger partial charge on any atom is 0.130 e. The van der Waals surface area contributed by atoms with E-state index in [4.69, 9.17) is 9.47 Å². The molecule has 0 saturated heterocycles. The first kappa shape index (κ1) is 22.3. The Hall–Kier alpha value is -0.750. The molecule has 0 atom stereocenters. The van der Waals surface area contributed by atoms with Crippen LogP contribution in [0.4, 0.5) is 0 Å². The van der Waals surface area contributed by atoms with Gasteiger partial charge in [0.2, 0.25) is 0 Å². The molecule has 0 aliphatic carbocycles. The quantitative estimate of drug-likeness (QED) is 0.252. The molecule has 0 radical (unpaired) electrons. The van der Waals surface area contributed by atoms with Crippen molar-refractivity contribution in [2.24, 2.45) is 0 Å². The van der Waals surface area contributed by atoms with Crippen LogP contribution in [0.3, 0.4) is 0 Å². The third-order valence-corrected chi connectivity index (χ3v) is 7.57. The lowest BCUT2D eigenvalue weighted by atomic mass is 10.2. The minimum Gasteiger partial charge on any atom is -0.496 e. The molecule has 3 heteroatoms. The van der Waals surface area contributed by atoms with Gasteiger partial charge >= 0.3 is 0 Å². The van der Waals surface area contributed by atoms with Crippen molar-refractivity contribution in [2.45, 2.75) is 78.1 Å². The lowest BCUT2D eigenvalue weighted by molar-refractivity contribution is 0.400. The van der Waals surface area contributed by atoms with E-state index in [9.17, 15) is 0 Å². The molecule has 1 aromatic rings. The molecular weight excluding hydrogens is 327 g/mol. The number of rotatable bonds is 15. The average Bonchev–Trinajstić information content (AvgIpc) is 2.65. The Kier molecular flexibility index (Phi) is 12.9. The fraction of sp³-hybridized carbons (Fsp3) is 0.727. The van der Waals surface area contributed by atoms with Crippen molar-refractivity contribution in [2.75, 3.05) is 26.5 Å². The van der Waals surface area contributed by atoms with Gasteiger partial charge in [-0.15, -0.1) is 0 Å². The normalized spacial score (nSPS) is 11.1. The van der Waals surface area contributed by atoms with E-state index >= 15 is 0 Å². The molecule has 0 bridgehead atoms. The number of benzene rings is 1. The van der Waals surface area contributed by atoms with E-state index in [1.807, 2.05) is 6.07 Å². The lowest BCUT2D eigenvalue weighted by Crippen LogP contribution is -2.13. The number of methoxy groups -OCH3 is 2. The van der Waals surface area contributed by atoms with Crippen molar-refractivity contribution >= 4 is 13.2 Å². The zero-order valence-corrected chi connectivity index (χ0v) is 17.9. The SMILES string of the molecule is CCCCCCCP(CCCCCCC)c1c(OC)cccc1OC. The summed E-state index contributed by atoms with van der Waals surface area (Å²) in [7, 11) is 3.37. The van der Waals surface area contributed by atoms with E-state index in [0.29, 0.717) is 0 Å². The molecule has 0 saturated carbocycles. The number of hydrogen-bond acceptors (Lipinski definition) is 2. The topological polar surface area (TPSA) is 18.5 Å². The zero-order chi connectivity index (χ0) is 18.3. The highest BCUT2D eigenvalue weighted by molar-refractivity contribution is 7.66. The van der Waals surface area contributed by atoms with E-state index in [2.05, 4.69) is 26.0 Å². The molecule has 0 aliphatic rings. The standard InChI is InChI=1S/C22H39O2P/c1-5-7-9-11-13-18-25(19-14-12-10-8-6-2)22-20(23-3)16-15-17-21(22)24-4/h15-17H,5-14,18-19H2,1-4H3. The molecule has 0 unspecified atom stereocenters. The molecule has 0 fully saturated rings. The third-order valence-electron chi connectivity index (χ3n) is 4.78. The van der Waals surface area contributed by atoms with Crippen LogP contribution in [0.2, 0.25) is 0 Å². The Morgan fingerprint density at radius 1 is 0.680 bits per heavy atom. The summed E-state index contributed by atoms with van der Waals surface area (Å²) in [5.74, 6) is 2.04. The average molecular weight is 367 g/mol. The van der Waals surface area contributed by atoms with Crippen LogP contribution in [-0.4, -0.2) is 26.5 Å². The highest BCUT2D eigenvalue weighted by Crippen LogP contribution is 2.43. The molecular formula is C22H39O2P. The van der Waals surface area contributed by atoms with Gasteiger partial charge in [0.05, 0.1) is 19.5 Å². The molecule has 0 aliphatic heterocycles. The summed E-state index contributed by atoms with van der Waals surface area (Å²) in [5, 5.41) is 1.36. The Labute approximate surface area is 157 Å². The Morgan fingerprint density at radius 3 is 1.52 bits per heavy atom. The summed E-state index contributed by atoms with van der Waals surface area (Å²) in [6, 6.07) is 6.24. The second-order valence-electron chi connectivity index (χ2n) is 6.83. The highest BCUT2D eigenvalue weighted by atomic mass is 31.1. The Balaban J connectivity index is 2.75. The van der Waals surface area contributed by atoms with Crippen molar-refractivity contribution in [3.8, 4) is 11.5 Å². The first-order valence-corrected chi connectivity index (χ1v) is 12.0. The van der Waals surface area contributed by atoms with Crippen LogP contribution in [0.1, 0.15) is 78.1 Å². The fourth-order valence-corrected chi connectivity index (χ4v) is 6.13. The first-order valence-electron chi connectivity index (χ1n) is 10.2. The fourth-order valence-electron chi connectivity index (χ4n) is 3.29. The van der Waals surface area contributed by atoms with Gasteiger partial charge in [-0.1, -0.05) is 79.2 Å². The largest absolute Gasteiger partial charge is 0.496 e. The van der Waals surface area contributed by atoms with Gasteiger partial charge in [-0.3, -0.25) is 0 Å². The maximum atomic E-state index is 5.69. The second-order valence-corrected chi connectivity index (χ2v) is 9.25. The Bertz CT molecular complexity index is 411. The van der Waals surface area contributed by atoms with E-state index in [1.54, 1.807) is 14.2 Å². The summed E-state index contributed by atoms with van der Waals surface area (Å²) in [6.07, 6.45) is 16.1. The van der Waals surface area contributed by atoms with Crippen molar-refractivity contribution in [1.29, 1.82) is 0 Å². The van der Waals surface area contributed by atoms with Crippen LogP contribution in [-0.2, 0) is 0 Å². The molecule has 0 spiro atoms. The predicted octanol–water partition coefficient (Wildman–Crippen LogP) is 6.75. The van der Waals surface area contributed by atoms with Crippen LogP contribution in [0, 0.1) is 0 Å². The highest BCUT2D eigenvalue weighted by Gasteiger charge is 2.20. The number of unbranched alkanes of at least 4 members (excludes halogenated alkanes) is 8. The molecule has 25 heavy (non-hydrogen) atoms. The van der Waals surface area contributed by atoms with Gasteiger partial charge in [0.1, 0.15) is 11.5 Å². The predicted molar refractivity (Wildman–Crippen MR) is 113 cm³/mol. The van der Waals surface area contributed by atoms with Crippen LogP contribution in [0.5, 0.6) is 11.5 Å². The van der Waals surface area contributed by atoms with Crippen LogP contribution >= 0.6 is 7.92 Å². The monoisotopic (exact) mass is 366 g/mol. The van der Waals surface area contributed by atoms with Crippen molar-refractivity contribution in [3.63, 3.8) is 0 Å². The van der Waals surface area contributed by atoms with Crippen LogP contribution in [0.25, 0.3) is 0 Å². The van der Waals surface area contributed by atoms with Gasteiger partial charge in [0.15, 0.2) is 0 Å². The smallest absolute Gasteiger partial charge is 0.130 e. The van der Waals surface area contributed by atoms with Gasteiger partial charge in [-0.2, -0.15) is 0 Å². The summed E-state index contributed by atoms with van der Waals surface area (Å²) >= 11 is 0. The van der Waals surface area contributed by atoms with E-state index < -0.39 is 0 Å². The molecule has 0 N–H and O–H groups in total. The molecule has 1 rings (SSSR count). The molecule has 1 aromatic carbocycles.